The summed E-state index contributed by atoms with van der Waals surface area (Å²) >= 11 is 0. The number of nitrogens with two attached hydrogens (primary N) is 1. The SMILES string of the molecule is Nc1ncnc2c1ncn2[C@H]1O[C@@H](COP(=O)(O)O)[C@H](O)[C@@H]1F. The highest BCUT2D eigenvalue weighted by Crippen LogP contribution is 2.39. The van der Waals surface area contributed by atoms with Crippen LogP contribution in [0.15, 0.2) is 12.7 Å². The van der Waals surface area contributed by atoms with E-state index in [1.165, 1.54) is 17.2 Å². The maximum atomic E-state index is 14.3. The lowest BCUT2D eigenvalue weighted by molar-refractivity contribution is -0.0451. The minimum Gasteiger partial charge on any atom is -0.387 e. The van der Waals surface area contributed by atoms with Crippen molar-refractivity contribution in [3.8, 4) is 0 Å². The fourth-order valence-electron chi connectivity index (χ4n) is 2.29. The Balaban J connectivity index is 1.85. The van der Waals surface area contributed by atoms with E-state index in [9.17, 15) is 14.1 Å². The Bertz CT molecular complexity index is 767. The van der Waals surface area contributed by atoms with Crippen LogP contribution < -0.4 is 5.73 Å². The van der Waals surface area contributed by atoms with Crippen LogP contribution in [0.1, 0.15) is 6.23 Å². The molecule has 3 rings (SSSR count). The van der Waals surface area contributed by atoms with E-state index < -0.39 is 39.0 Å². The van der Waals surface area contributed by atoms with E-state index >= 15 is 0 Å². The lowest BCUT2D eigenvalue weighted by Crippen LogP contribution is -2.31. The molecule has 2 aromatic heterocycles. The zero-order valence-corrected chi connectivity index (χ0v) is 12.3. The van der Waals surface area contributed by atoms with Gasteiger partial charge in [0.25, 0.3) is 0 Å². The molecule has 0 spiro atoms. The molecule has 0 aliphatic carbocycles. The summed E-state index contributed by atoms with van der Waals surface area (Å²) in [6.45, 7) is -0.674. The van der Waals surface area contributed by atoms with Gasteiger partial charge in [-0.2, -0.15) is 0 Å². The van der Waals surface area contributed by atoms with Crippen LogP contribution in [0.5, 0.6) is 0 Å². The Labute approximate surface area is 128 Å². The van der Waals surface area contributed by atoms with Crippen LogP contribution in [0.3, 0.4) is 0 Å². The van der Waals surface area contributed by atoms with Gasteiger partial charge < -0.3 is 25.4 Å². The van der Waals surface area contributed by atoms with E-state index in [1.54, 1.807) is 0 Å². The molecule has 1 saturated heterocycles. The number of hydrogen-bond donors (Lipinski definition) is 4. The van der Waals surface area contributed by atoms with Crippen molar-refractivity contribution in [1.82, 2.24) is 19.5 Å². The molecule has 0 aromatic carbocycles. The van der Waals surface area contributed by atoms with E-state index in [0.717, 1.165) is 0 Å². The second-order valence-corrected chi connectivity index (χ2v) is 6.11. The molecular weight excluding hydrogens is 336 g/mol. The minimum atomic E-state index is -4.76. The van der Waals surface area contributed by atoms with Gasteiger partial charge in [0.2, 0.25) is 0 Å². The molecule has 1 aliphatic heterocycles. The number of halogens is 1. The zero-order valence-electron chi connectivity index (χ0n) is 11.4. The van der Waals surface area contributed by atoms with Crippen LogP contribution in [-0.2, 0) is 13.8 Å². The summed E-state index contributed by atoms with van der Waals surface area (Å²) in [5.41, 5.74) is 6.08. The Morgan fingerprint density at radius 3 is 2.87 bits per heavy atom. The van der Waals surface area contributed by atoms with Crippen LogP contribution in [0, 0.1) is 0 Å². The number of fused-ring (bicyclic) bond motifs is 1. The lowest BCUT2D eigenvalue weighted by atomic mass is 10.1. The number of alkyl halides is 1. The van der Waals surface area contributed by atoms with Crippen molar-refractivity contribution in [3.05, 3.63) is 12.7 Å². The number of rotatable bonds is 4. The number of nitrogens with zero attached hydrogens (tertiary/aromatic N) is 4. The quantitative estimate of drug-likeness (QED) is 0.509. The van der Waals surface area contributed by atoms with Gasteiger partial charge in [0.05, 0.1) is 12.9 Å². The van der Waals surface area contributed by atoms with Crippen LogP contribution >= 0.6 is 7.82 Å². The number of nitrogen functional groups attached to an aromatic ring is 1. The third-order valence-electron chi connectivity index (χ3n) is 3.36. The largest absolute Gasteiger partial charge is 0.469 e. The smallest absolute Gasteiger partial charge is 0.387 e. The predicted molar refractivity (Wildman–Crippen MR) is 72.5 cm³/mol. The summed E-state index contributed by atoms with van der Waals surface area (Å²) in [5, 5.41) is 9.83. The number of hydrogen-bond acceptors (Lipinski definition) is 8. The summed E-state index contributed by atoms with van der Waals surface area (Å²) < 4.78 is 35.8. The van der Waals surface area contributed by atoms with Crippen LogP contribution in [0.4, 0.5) is 10.2 Å². The summed E-state index contributed by atoms with van der Waals surface area (Å²) in [7, 11) is -4.76. The van der Waals surface area contributed by atoms with Crippen molar-refractivity contribution >= 4 is 24.8 Å². The molecule has 0 unspecified atom stereocenters. The van der Waals surface area contributed by atoms with Gasteiger partial charge in [0.15, 0.2) is 23.9 Å². The van der Waals surface area contributed by atoms with Crippen LogP contribution in [0.25, 0.3) is 11.2 Å². The van der Waals surface area contributed by atoms with Crippen molar-refractivity contribution in [2.75, 3.05) is 12.3 Å². The maximum Gasteiger partial charge on any atom is 0.469 e. The molecule has 126 valence electrons. The molecule has 13 heteroatoms. The first kappa shape index (κ1) is 16.2. The van der Waals surface area contributed by atoms with Gasteiger partial charge in [-0.15, -0.1) is 0 Å². The summed E-state index contributed by atoms with van der Waals surface area (Å²) in [6.07, 6.45) is -3.68. The molecule has 0 saturated carbocycles. The normalized spacial score (nSPS) is 28.5. The highest BCUT2D eigenvalue weighted by Gasteiger charge is 2.46. The average Bonchev–Trinajstić information content (AvgIpc) is 3.01. The standard InChI is InChI=1S/C10H13FN5O6P/c11-5-7(17)4(1-21-23(18,19)20)22-10(5)16-3-15-6-8(12)13-2-14-9(6)16/h2-5,7,10,17H,1H2,(H2,12,13,14)(H2,18,19,20)/t4-,5-,7-,10-/m0/s1. The summed E-state index contributed by atoms with van der Waals surface area (Å²) in [5.74, 6) is 0.101. The molecule has 4 atom stereocenters. The topological polar surface area (TPSA) is 166 Å². The maximum absolute atomic E-state index is 14.3. The molecule has 0 bridgehead atoms. The van der Waals surface area contributed by atoms with E-state index in [4.69, 9.17) is 20.3 Å². The van der Waals surface area contributed by atoms with Crippen LogP contribution in [0.2, 0.25) is 0 Å². The van der Waals surface area contributed by atoms with Crippen molar-refractivity contribution in [3.63, 3.8) is 0 Å². The summed E-state index contributed by atoms with van der Waals surface area (Å²) in [6, 6.07) is 0. The number of aromatic nitrogens is 4. The van der Waals surface area contributed by atoms with Crippen molar-refractivity contribution in [1.29, 1.82) is 0 Å². The first-order valence-electron chi connectivity index (χ1n) is 6.38. The first-order valence-corrected chi connectivity index (χ1v) is 7.91. The van der Waals surface area contributed by atoms with E-state index in [2.05, 4.69) is 19.5 Å². The third-order valence-corrected chi connectivity index (χ3v) is 3.85. The Hall–Kier alpha value is -1.69. The van der Waals surface area contributed by atoms with E-state index in [1.807, 2.05) is 0 Å². The fourth-order valence-corrected chi connectivity index (χ4v) is 2.63. The van der Waals surface area contributed by atoms with E-state index in [0.29, 0.717) is 0 Å². The highest BCUT2D eigenvalue weighted by molar-refractivity contribution is 7.46. The van der Waals surface area contributed by atoms with Gasteiger partial charge in [0, 0.05) is 0 Å². The molecule has 5 N–H and O–H groups in total. The van der Waals surface area contributed by atoms with Gasteiger partial charge >= 0.3 is 7.82 Å². The second-order valence-electron chi connectivity index (χ2n) is 4.87. The average molecular weight is 349 g/mol. The molecule has 11 nitrogen and oxygen atoms in total. The van der Waals surface area contributed by atoms with Crippen molar-refractivity contribution in [2.24, 2.45) is 0 Å². The number of phosphoric ester groups is 1. The highest BCUT2D eigenvalue weighted by atomic mass is 31.2. The third kappa shape index (κ3) is 3.04. The molecule has 2 aromatic rings. The first-order chi connectivity index (χ1) is 10.8. The van der Waals surface area contributed by atoms with Crippen molar-refractivity contribution in [2.45, 2.75) is 24.6 Å². The number of aliphatic hydroxyl groups is 1. The number of phosphoric acid groups is 1. The molecular formula is C10H13FN5O6P. The van der Waals surface area contributed by atoms with Crippen molar-refractivity contribution < 1.29 is 33.1 Å². The number of anilines is 1. The molecule has 0 radical (unpaired) electrons. The number of aliphatic hydroxyl groups excluding tert-OH is 1. The van der Waals surface area contributed by atoms with Gasteiger partial charge in [0.1, 0.15) is 24.1 Å². The molecule has 3 heterocycles. The predicted octanol–water partition coefficient (Wildman–Crippen LogP) is -0.886. The van der Waals surface area contributed by atoms with Gasteiger partial charge in [-0.3, -0.25) is 9.09 Å². The fraction of sp³-hybridized carbons (Fsp3) is 0.500. The lowest BCUT2D eigenvalue weighted by Gasteiger charge is -2.15. The molecule has 23 heavy (non-hydrogen) atoms. The molecule has 1 aliphatic rings. The van der Waals surface area contributed by atoms with Crippen LogP contribution in [-0.4, -0.2) is 59.4 Å². The number of ether oxygens (including phenoxy) is 1. The number of imidazole rings is 1. The second kappa shape index (κ2) is 5.74. The van der Waals surface area contributed by atoms with E-state index in [-0.39, 0.29) is 17.0 Å². The minimum absolute atomic E-state index is 0.101. The summed E-state index contributed by atoms with van der Waals surface area (Å²) in [4.78, 5) is 29.0. The molecule has 1 fully saturated rings. The Morgan fingerprint density at radius 1 is 1.43 bits per heavy atom. The Morgan fingerprint density at radius 2 is 2.17 bits per heavy atom. The van der Waals surface area contributed by atoms with Gasteiger partial charge in [-0.25, -0.2) is 23.9 Å². The van der Waals surface area contributed by atoms with Gasteiger partial charge in [-0.05, 0) is 0 Å². The zero-order chi connectivity index (χ0) is 16.8. The molecule has 0 amide bonds. The van der Waals surface area contributed by atoms with Gasteiger partial charge in [-0.1, -0.05) is 0 Å². The monoisotopic (exact) mass is 349 g/mol. The Kier molecular flexibility index (Phi) is 4.04.